The molecule has 0 amide bonds. The fraction of sp³-hybridized carbons (Fsp3) is 0.357. The van der Waals surface area contributed by atoms with Crippen LogP contribution in [0.2, 0.25) is 0 Å². The maximum absolute atomic E-state index is 5.86. The molecular formula is C28H38O. The molecule has 29 heavy (non-hydrogen) atoms. The van der Waals surface area contributed by atoms with E-state index < -0.39 is 0 Å². The van der Waals surface area contributed by atoms with Gasteiger partial charge >= 0.3 is 0 Å². The minimum Gasteiger partial charge on any atom is -0.496 e. The maximum Gasteiger partial charge on any atom is 0.123 e. The van der Waals surface area contributed by atoms with Crippen LogP contribution in [0.1, 0.15) is 72.4 Å². The zero-order valence-electron chi connectivity index (χ0n) is 19.9. The summed E-state index contributed by atoms with van der Waals surface area (Å²) in [5, 5.41) is 0. The Kier molecular flexibility index (Phi) is 8.70. The van der Waals surface area contributed by atoms with Gasteiger partial charge in [0.2, 0.25) is 0 Å². The number of benzene rings is 1. The molecule has 0 aliphatic rings. The van der Waals surface area contributed by atoms with E-state index in [0.29, 0.717) is 0 Å². The van der Waals surface area contributed by atoms with Crippen LogP contribution in [0.4, 0.5) is 0 Å². The Morgan fingerprint density at radius 2 is 1.45 bits per heavy atom. The molecule has 1 nitrogen and oxygen atoms in total. The molecular weight excluding hydrogens is 352 g/mol. The molecule has 1 unspecified atom stereocenters. The van der Waals surface area contributed by atoms with Gasteiger partial charge in [-0.2, -0.15) is 0 Å². The fourth-order valence-electron chi connectivity index (χ4n) is 3.84. The second-order valence-electron chi connectivity index (χ2n) is 8.15. The van der Waals surface area contributed by atoms with Gasteiger partial charge in [-0.25, -0.2) is 0 Å². The predicted molar refractivity (Wildman–Crippen MR) is 131 cm³/mol. The quantitative estimate of drug-likeness (QED) is 0.404. The second-order valence-corrected chi connectivity index (χ2v) is 8.15. The molecule has 1 heteroatoms. The SMILES string of the molecule is C=C(C)C(=C(C)C)C(/C(C(=C)C)=C(C)/C(C)=C\C)c1ccc(C(=C)C)cc1OC. The van der Waals surface area contributed by atoms with Gasteiger partial charge in [-0.05, 0) is 83.7 Å². The molecule has 1 aromatic carbocycles. The van der Waals surface area contributed by atoms with E-state index in [2.05, 4.69) is 92.5 Å². The molecule has 0 bridgehead atoms. The van der Waals surface area contributed by atoms with Crippen molar-refractivity contribution in [2.75, 3.05) is 7.11 Å². The monoisotopic (exact) mass is 390 g/mol. The fourth-order valence-corrected chi connectivity index (χ4v) is 3.84. The molecule has 0 heterocycles. The topological polar surface area (TPSA) is 9.23 Å². The summed E-state index contributed by atoms with van der Waals surface area (Å²) in [5.74, 6) is 0.860. The molecule has 1 atom stereocenters. The molecule has 0 aliphatic heterocycles. The molecule has 0 saturated carbocycles. The second kappa shape index (κ2) is 10.3. The van der Waals surface area contributed by atoms with Crippen LogP contribution in [-0.2, 0) is 0 Å². The molecule has 156 valence electrons. The minimum absolute atomic E-state index is 0.000906. The molecule has 1 rings (SSSR count). The lowest BCUT2D eigenvalue weighted by Gasteiger charge is -2.30. The number of ether oxygens (including phenoxy) is 1. The van der Waals surface area contributed by atoms with Gasteiger partial charge < -0.3 is 4.74 Å². The molecule has 0 saturated heterocycles. The number of hydrogen-bond acceptors (Lipinski definition) is 1. The third-order valence-corrected chi connectivity index (χ3v) is 5.50. The van der Waals surface area contributed by atoms with Gasteiger partial charge in [0.15, 0.2) is 0 Å². The summed E-state index contributed by atoms with van der Waals surface area (Å²) in [6, 6.07) is 6.38. The standard InChI is InChI=1S/C28H38O/c1-13-21(10)22(11)27(20(8)9)28(26(18(4)5)19(6)7)24-15-14-23(17(2)3)16-25(24)29-12/h13-16,28H,2,4,8H2,1,3,5-7,9-12H3/b21-13-,27-22+. The first-order valence-electron chi connectivity index (χ1n) is 10.1. The predicted octanol–water partition coefficient (Wildman–Crippen LogP) is 8.58. The number of allylic oxidation sites excluding steroid dienone is 9. The lowest BCUT2D eigenvalue weighted by atomic mass is 9.75. The molecule has 0 fully saturated rings. The van der Waals surface area contributed by atoms with Gasteiger partial charge in [-0.1, -0.05) is 65.8 Å². The van der Waals surface area contributed by atoms with E-state index in [1.807, 2.05) is 6.92 Å². The van der Waals surface area contributed by atoms with Crippen molar-refractivity contribution in [2.45, 2.75) is 61.3 Å². The van der Waals surface area contributed by atoms with E-state index in [0.717, 1.165) is 33.6 Å². The average molecular weight is 391 g/mol. The number of methoxy groups -OCH3 is 1. The van der Waals surface area contributed by atoms with Crippen molar-refractivity contribution in [3.05, 3.63) is 94.2 Å². The lowest BCUT2D eigenvalue weighted by Crippen LogP contribution is -2.13. The summed E-state index contributed by atoms with van der Waals surface area (Å²) in [6.45, 7) is 29.6. The summed E-state index contributed by atoms with van der Waals surface area (Å²) in [5.41, 5.74) is 11.5. The van der Waals surface area contributed by atoms with E-state index in [1.54, 1.807) is 7.11 Å². The molecule has 0 N–H and O–H groups in total. The van der Waals surface area contributed by atoms with Crippen LogP contribution in [0.3, 0.4) is 0 Å². The Balaban J connectivity index is 4.09. The van der Waals surface area contributed by atoms with E-state index in [4.69, 9.17) is 4.74 Å². The highest BCUT2D eigenvalue weighted by Gasteiger charge is 2.28. The van der Waals surface area contributed by atoms with Crippen LogP contribution in [-0.4, -0.2) is 7.11 Å². The highest BCUT2D eigenvalue weighted by molar-refractivity contribution is 5.66. The van der Waals surface area contributed by atoms with Gasteiger partial charge in [-0.15, -0.1) is 0 Å². The Morgan fingerprint density at radius 1 is 0.897 bits per heavy atom. The largest absolute Gasteiger partial charge is 0.496 e. The van der Waals surface area contributed by atoms with Crippen LogP contribution in [0, 0.1) is 0 Å². The summed E-state index contributed by atoms with van der Waals surface area (Å²) in [7, 11) is 1.73. The zero-order chi connectivity index (χ0) is 22.5. The molecule has 0 aliphatic carbocycles. The first kappa shape index (κ1) is 24.5. The van der Waals surface area contributed by atoms with Crippen molar-refractivity contribution in [3.8, 4) is 5.75 Å². The normalized spacial score (nSPS) is 13.3. The maximum atomic E-state index is 5.86. The van der Waals surface area contributed by atoms with Crippen LogP contribution in [0.25, 0.3) is 5.57 Å². The number of rotatable bonds is 8. The number of hydrogen-bond donors (Lipinski definition) is 0. The van der Waals surface area contributed by atoms with Crippen LogP contribution in [0.5, 0.6) is 5.75 Å². The van der Waals surface area contributed by atoms with E-state index in [9.17, 15) is 0 Å². The van der Waals surface area contributed by atoms with Crippen molar-refractivity contribution in [3.63, 3.8) is 0 Å². The van der Waals surface area contributed by atoms with Gasteiger partial charge in [0.25, 0.3) is 0 Å². The highest BCUT2D eigenvalue weighted by Crippen LogP contribution is 2.45. The van der Waals surface area contributed by atoms with Gasteiger partial charge in [0.1, 0.15) is 5.75 Å². The summed E-state index contributed by atoms with van der Waals surface area (Å²) < 4.78 is 5.86. The van der Waals surface area contributed by atoms with Crippen molar-refractivity contribution in [1.29, 1.82) is 0 Å². The third-order valence-electron chi connectivity index (χ3n) is 5.50. The Labute approximate surface area is 178 Å². The summed E-state index contributed by atoms with van der Waals surface area (Å²) in [6.07, 6.45) is 2.15. The smallest absolute Gasteiger partial charge is 0.123 e. The van der Waals surface area contributed by atoms with Gasteiger partial charge in [0, 0.05) is 11.5 Å². The van der Waals surface area contributed by atoms with Crippen LogP contribution in [0.15, 0.2) is 83.0 Å². The Hall–Kier alpha value is -2.54. The Bertz CT molecular complexity index is 912. The van der Waals surface area contributed by atoms with E-state index in [-0.39, 0.29) is 5.92 Å². The Morgan fingerprint density at radius 3 is 1.83 bits per heavy atom. The average Bonchev–Trinajstić information content (AvgIpc) is 2.64. The summed E-state index contributed by atoms with van der Waals surface area (Å²) >= 11 is 0. The van der Waals surface area contributed by atoms with E-state index >= 15 is 0 Å². The molecule has 0 aromatic heterocycles. The molecule has 0 radical (unpaired) electrons. The summed E-state index contributed by atoms with van der Waals surface area (Å²) in [4.78, 5) is 0. The van der Waals surface area contributed by atoms with Crippen LogP contribution < -0.4 is 4.74 Å². The van der Waals surface area contributed by atoms with Gasteiger partial charge in [-0.3, -0.25) is 0 Å². The zero-order valence-corrected chi connectivity index (χ0v) is 19.9. The van der Waals surface area contributed by atoms with Crippen molar-refractivity contribution in [2.24, 2.45) is 0 Å². The molecule has 0 spiro atoms. The van der Waals surface area contributed by atoms with Crippen molar-refractivity contribution in [1.82, 2.24) is 0 Å². The first-order chi connectivity index (χ1) is 13.5. The minimum atomic E-state index is -0.000906. The highest BCUT2D eigenvalue weighted by atomic mass is 16.5. The molecule has 1 aromatic rings. The van der Waals surface area contributed by atoms with E-state index in [1.165, 1.54) is 27.9 Å². The first-order valence-corrected chi connectivity index (χ1v) is 10.1. The van der Waals surface area contributed by atoms with Crippen molar-refractivity contribution >= 4 is 5.57 Å². The lowest BCUT2D eigenvalue weighted by molar-refractivity contribution is 0.408. The third kappa shape index (κ3) is 5.50. The van der Waals surface area contributed by atoms with Crippen LogP contribution >= 0.6 is 0 Å². The van der Waals surface area contributed by atoms with Gasteiger partial charge in [0.05, 0.1) is 7.11 Å². The van der Waals surface area contributed by atoms with Crippen molar-refractivity contribution < 1.29 is 4.74 Å².